The SMILES string of the molecule is O=C(CN(C(=O)c1ccc(Cl)cc1)N1C(=O)c2cccc([N+](=O)[O-])c2C1=O)c1cccs1. The maximum Gasteiger partial charge on any atom is 0.287 e. The lowest BCUT2D eigenvalue weighted by atomic mass is 10.1. The van der Waals surface area contributed by atoms with Gasteiger partial charge >= 0.3 is 0 Å². The summed E-state index contributed by atoms with van der Waals surface area (Å²) in [4.78, 5) is 63.1. The zero-order valence-corrected chi connectivity index (χ0v) is 17.6. The van der Waals surface area contributed by atoms with E-state index in [1.54, 1.807) is 17.5 Å². The number of thiophene rings is 1. The van der Waals surface area contributed by atoms with E-state index in [0.29, 0.717) is 19.9 Å². The molecule has 11 heteroatoms. The molecular formula is C21H12ClN3O6S. The minimum absolute atomic E-state index is 0.0689. The quantitative estimate of drug-likeness (QED) is 0.234. The molecule has 0 N–H and O–H groups in total. The highest BCUT2D eigenvalue weighted by atomic mass is 35.5. The van der Waals surface area contributed by atoms with Gasteiger partial charge in [-0.3, -0.25) is 29.3 Å². The summed E-state index contributed by atoms with van der Waals surface area (Å²) in [6, 6.07) is 12.5. The Morgan fingerprint density at radius 3 is 2.38 bits per heavy atom. The molecular weight excluding hydrogens is 458 g/mol. The van der Waals surface area contributed by atoms with E-state index in [-0.39, 0.29) is 11.1 Å². The summed E-state index contributed by atoms with van der Waals surface area (Å²) in [5.41, 5.74) is -1.15. The van der Waals surface area contributed by atoms with Gasteiger partial charge in [-0.25, -0.2) is 5.01 Å². The Kier molecular flexibility index (Phi) is 5.56. The number of amides is 3. The van der Waals surface area contributed by atoms with Crippen molar-refractivity contribution in [1.82, 2.24) is 10.0 Å². The van der Waals surface area contributed by atoms with Crippen LogP contribution >= 0.6 is 22.9 Å². The molecule has 32 heavy (non-hydrogen) atoms. The molecule has 0 spiro atoms. The second-order valence-corrected chi connectivity index (χ2v) is 8.03. The lowest BCUT2D eigenvalue weighted by Gasteiger charge is -2.29. The summed E-state index contributed by atoms with van der Waals surface area (Å²) >= 11 is 7.01. The highest BCUT2D eigenvalue weighted by Gasteiger charge is 2.46. The molecule has 0 atom stereocenters. The number of nitro benzene ring substituents is 1. The Bertz CT molecular complexity index is 1270. The number of fused-ring (bicyclic) bond motifs is 1. The van der Waals surface area contributed by atoms with Gasteiger partial charge in [-0.05, 0) is 41.8 Å². The van der Waals surface area contributed by atoms with Gasteiger partial charge in [0.15, 0.2) is 5.78 Å². The standard InChI is InChI=1S/C21H12ClN3O6S/c22-13-8-6-12(7-9-13)19(27)23(11-16(26)17-5-2-10-32-17)24-20(28)14-3-1-4-15(25(30)31)18(14)21(24)29/h1-10H,11H2. The second-order valence-electron chi connectivity index (χ2n) is 6.65. The first-order valence-corrected chi connectivity index (χ1v) is 10.4. The molecule has 0 fully saturated rings. The number of halogens is 1. The van der Waals surface area contributed by atoms with Crippen LogP contribution in [0, 0.1) is 10.1 Å². The molecule has 4 rings (SSSR count). The van der Waals surface area contributed by atoms with Crippen molar-refractivity contribution < 1.29 is 24.1 Å². The number of imide groups is 1. The molecule has 0 saturated carbocycles. The maximum atomic E-state index is 13.3. The van der Waals surface area contributed by atoms with Crippen molar-refractivity contribution in [2.24, 2.45) is 0 Å². The van der Waals surface area contributed by atoms with Crippen LogP contribution in [-0.4, -0.2) is 45.0 Å². The van der Waals surface area contributed by atoms with Gasteiger partial charge in [0.05, 0.1) is 15.4 Å². The molecule has 2 heterocycles. The van der Waals surface area contributed by atoms with Crippen molar-refractivity contribution in [3.63, 3.8) is 0 Å². The van der Waals surface area contributed by atoms with E-state index in [1.165, 1.54) is 36.4 Å². The fraction of sp³-hybridized carbons (Fsp3) is 0.0476. The average Bonchev–Trinajstić information content (AvgIpc) is 3.40. The Morgan fingerprint density at radius 1 is 1.03 bits per heavy atom. The van der Waals surface area contributed by atoms with E-state index >= 15 is 0 Å². The van der Waals surface area contributed by atoms with Crippen molar-refractivity contribution in [1.29, 1.82) is 0 Å². The highest BCUT2D eigenvalue weighted by molar-refractivity contribution is 7.12. The Labute approximate surface area is 189 Å². The van der Waals surface area contributed by atoms with Gasteiger partial charge in [0.2, 0.25) is 0 Å². The van der Waals surface area contributed by atoms with Gasteiger partial charge in [-0.2, -0.15) is 5.01 Å². The highest BCUT2D eigenvalue weighted by Crippen LogP contribution is 2.32. The molecule has 1 aliphatic rings. The van der Waals surface area contributed by atoms with Crippen LogP contribution in [0.2, 0.25) is 5.02 Å². The Balaban J connectivity index is 1.78. The average molecular weight is 470 g/mol. The second kappa shape index (κ2) is 8.33. The largest absolute Gasteiger partial charge is 0.291 e. The Hall–Kier alpha value is -3.89. The molecule has 0 radical (unpaired) electrons. The number of rotatable bonds is 6. The van der Waals surface area contributed by atoms with Crippen LogP contribution in [0.15, 0.2) is 60.0 Å². The first-order valence-electron chi connectivity index (χ1n) is 9.10. The van der Waals surface area contributed by atoms with Crippen LogP contribution in [0.1, 0.15) is 40.7 Å². The number of hydrogen-bond donors (Lipinski definition) is 0. The van der Waals surface area contributed by atoms with E-state index in [4.69, 9.17) is 11.6 Å². The van der Waals surface area contributed by atoms with Crippen LogP contribution in [0.5, 0.6) is 0 Å². The molecule has 3 aromatic rings. The van der Waals surface area contributed by atoms with Gasteiger partial charge in [0, 0.05) is 16.7 Å². The van der Waals surface area contributed by atoms with Crippen molar-refractivity contribution >= 4 is 52.1 Å². The molecule has 0 unspecified atom stereocenters. The summed E-state index contributed by atoms with van der Waals surface area (Å²) < 4.78 is 0. The fourth-order valence-electron chi connectivity index (χ4n) is 3.25. The summed E-state index contributed by atoms with van der Waals surface area (Å²) in [6.45, 7) is -0.624. The third-order valence-corrected chi connectivity index (χ3v) is 5.89. The topological polar surface area (TPSA) is 118 Å². The lowest BCUT2D eigenvalue weighted by molar-refractivity contribution is -0.385. The molecule has 0 saturated heterocycles. The predicted molar refractivity (Wildman–Crippen MR) is 115 cm³/mol. The number of hydrogen-bond acceptors (Lipinski definition) is 7. The molecule has 2 aromatic carbocycles. The number of nitro groups is 1. The summed E-state index contributed by atoms with van der Waals surface area (Å²) in [7, 11) is 0. The number of hydrazine groups is 1. The Morgan fingerprint density at radius 2 is 1.75 bits per heavy atom. The minimum Gasteiger partial charge on any atom is -0.291 e. The molecule has 9 nitrogen and oxygen atoms in total. The number of Topliss-reactive ketones (excluding diaryl/α,β-unsaturated/α-hetero) is 1. The van der Waals surface area contributed by atoms with E-state index in [9.17, 15) is 29.3 Å². The van der Waals surface area contributed by atoms with Crippen molar-refractivity contribution in [3.8, 4) is 0 Å². The van der Waals surface area contributed by atoms with Crippen LogP contribution in [0.25, 0.3) is 0 Å². The third-order valence-electron chi connectivity index (χ3n) is 4.72. The van der Waals surface area contributed by atoms with Crippen molar-refractivity contribution in [3.05, 3.63) is 96.7 Å². The maximum absolute atomic E-state index is 13.3. The smallest absolute Gasteiger partial charge is 0.287 e. The number of carbonyl (C=O) groups excluding carboxylic acids is 4. The molecule has 160 valence electrons. The molecule has 0 aliphatic carbocycles. The van der Waals surface area contributed by atoms with E-state index < -0.39 is 46.2 Å². The van der Waals surface area contributed by atoms with Crippen LogP contribution in [0.3, 0.4) is 0 Å². The van der Waals surface area contributed by atoms with E-state index in [1.807, 2.05) is 0 Å². The fourth-order valence-corrected chi connectivity index (χ4v) is 4.04. The molecule has 1 aromatic heterocycles. The molecule has 0 bridgehead atoms. The molecule has 3 amide bonds. The third kappa shape index (κ3) is 3.66. The predicted octanol–water partition coefficient (Wildman–Crippen LogP) is 3.85. The van der Waals surface area contributed by atoms with Crippen LogP contribution in [-0.2, 0) is 0 Å². The van der Waals surface area contributed by atoms with Crippen LogP contribution in [0.4, 0.5) is 5.69 Å². The normalized spacial score (nSPS) is 12.6. The van der Waals surface area contributed by atoms with Crippen LogP contribution < -0.4 is 0 Å². The van der Waals surface area contributed by atoms with Gasteiger partial charge in [0.1, 0.15) is 12.1 Å². The van der Waals surface area contributed by atoms with Gasteiger partial charge in [0.25, 0.3) is 23.4 Å². The first-order chi connectivity index (χ1) is 15.3. The zero-order chi connectivity index (χ0) is 23.0. The first kappa shape index (κ1) is 21.3. The summed E-state index contributed by atoms with van der Waals surface area (Å²) in [5.74, 6) is -3.31. The van der Waals surface area contributed by atoms with E-state index in [2.05, 4.69) is 0 Å². The van der Waals surface area contributed by atoms with Gasteiger partial charge < -0.3 is 0 Å². The van der Waals surface area contributed by atoms with Crippen molar-refractivity contribution in [2.45, 2.75) is 0 Å². The van der Waals surface area contributed by atoms with Gasteiger partial charge in [-0.15, -0.1) is 11.3 Å². The number of benzene rings is 2. The van der Waals surface area contributed by atoms with Gasteiger partial charge in [-0.1, -0.05) is 23.7 Å². The number of carbonyl (C=O) groups is 4. The molecule has 1 aliphatic heterocycles. The summed E-state index contributed by atoms with van der Waals surface area (Å²) in [5, 5.41) is 14.6. The zero-order valence-electron chi connectivity index (χ0n) is 16.1. The number of ketones is 1. The monoisotopic (exact) mass is 469 g/mol. The number of nitrogens with zero attached hydrogens (tertiary/aromatic N) is 3. The van der Waals surface area contributed by atoms with Crippen molar-refractivity contribution in [2.75, 3.05) is 6.54 Å². The summed E-state index contributed by atoms with van der Waals surface area (Å²) in [6.07, 6.45) is 0. The lowest BCUT2D eigenvalue weighted by Crippen LogP contribution is -2.51. The van der Waals surface area contributed by atoms with E-state index in [0.717, 1.165) is 17.4 Å². The minimum atomic E-state index is -1.06.